The zero-order valence-electron chi connectivity index (χ0n) is 14.9. The zero-order chi connectivity index (χ0) is 16.6. The summed E-state index contributed by atoms with van der Waals surface area (Å²) in [5.41, 5.74) is 2.43. The molecular formula is C18H29Cl2N3O3. The third-order valence-electron chi connectivity index (χ3n) is 4.45. The fourth-order valence-electron chi connectivity index (χ4n) is 3.03. The minimum absolute atomic E-state index is 0. The van der Waals surface area contributed by atoms with E-state index in [1.54, 1.807) is 0 Å². The second-order valence-corrected chi connectivity index (χ2v) is 6.41. The Morgan fingerprint density at radius 3 is 2.42 bits per heavy atom. The second-order valence-electron chi connectivity index (χ2n) is 6.41. The van der Waals surface area contributed by atoms with Crippen LogP contribution in [0.1, 0.15) is 17.5 Å². The highest BCUT2D eigenvalue weighted by atomic mass is 35.5. The van der Waals surface area contributed by atoms with Crippen LogP contribution in [0.3, 0.4) is 0 Å². The summed E-state index contributed by atoms with van der Waals surface area (Å²) in [6.45, 7) is 7.35. The van der Waals surface area contributed by atoms with Gasteiger partial charge in [-0.2, -0.15) is 0 Å². The van der Waals surface area contributed by atoms with Crippen LogP contribution in [0.25, 0.3) is 0 Å². The maximum atomic E-state index is 12.0. The first-order valence-electron chi connectivity index (χ1n) is 8.75. The van der Waals surface area contributed by atoms with E-state index in [2.05, 4.69) is 39.8 Å². The highest BCUT2D eigenvalue weighted by molar-refractivity contribution is 5.85. The van der Waals surface area contributed by atoms with E-state index in [9.17, 15) is 4.79 Å². The molecule has 0 radical (unpaired) electrons. The molecule has 0 aliphatic carbocycles. The number of rotatable bonds is 6. The largest absolute Gasteiger partial charge is 0.379 e. The van der Waals surface area contributed by atoms with Gasteiger partial charge in [-0.1, -0.05) is 24.3 Å². The maximum Gasteiger partial charge on any atom is 0.221 e. The number of morpholine rings is 2. The van der Waals surface area contributed by atoms with Gasteiger partial charge in [0.15, 0.2) is 0 Å². The van der Waals surface area contributed by atoms with E-state index in [0.29, 0.717) is 19.6 Å². The molecule has 8 heteroatoms. The van der Waals surface area contributed by atoms with E-state index in [1.165, 1.54) is 5.56 Å². The van der Waals surface area contributed by atoms with Crippen molar-refractivity contribution in [3.63, 3.8) is 0 Å². The summed E-state index contributed by atoms with van der Waals surface area (Å²) in [7, 11) is 0. The molecule has 1 atom stereocenters. The van der Waals surface area contributed by atoms with Gasteiger partial charge in [0.25, 0.3) is 0 Å². The van der Waals surface area contributed by atoms with Crippen molar-refractivity contribution in [3.05, 3.63) is 35.4 Å². The number of nitrogens with one attached hydrogen (secondary N) is 2. The molecule has 2 aliphatic heterocycles. The summed E-state index contributed by atoms with van der Waals surface area (Å²) in [5, 5.41) is 6.28. The minimum Gasteiger partial charge on any atom is -0.379 e. The Kier molecular flexibility index (Phi) is 11.1. The van der Waals surface area contributed by atoms with Crippen LogP contribution in [0, 0.1) is 0 Å². The highest BCUT2D eigenvalue weighted by Crippen LogP contribution is 2.09. The van der Waals surface area contributed by atoms with E-state index < -0.39 is 0 Å². The Morgan fingerprint density at radius 2 is 1.77 bits per heavy atom. The number of amides is 1. The van der Waals surface area contributed by atoms with Crippen LogP contribution in [0.2, 0.25) is 0 Å². The molecule has 0 spiro atoms. The van der Waals surface area contributed by atoms with Crippen LogP contribution in [0.5, 0.6) is 0 Å². The quantitative estimate of drug-likeness (QED) is 0.747. The molecule has 148 valence electrons. The fourth-order valence-corrected chi connectivity index (χ4v) is 3.03. The lowest BCUT2D eigenvalue weighted by molar-refractivity contribution is -0.122. The Balaban J connectivity index is 0.00000169. The predicted molar refractivity (Wildman–Crippen MR) is 106 cm³/mol. The average Bonchev–Trinajstić information content (AvgIpc) is 2.63. The highest BCUT2D eigenvalue weighted by Gasteiger charge is 2.16. The number of carbonyl (C=O) groups is 1. The smallest absolute Gasteiger partial charge is 0.221 e. The van der Waals surface area contributed by atoms with Crippen molar-refractivity contribution < 1.29 is 14.3 Å². The van der Waals surface area contributed by atoms with Crippen molar-refractivity contribution in [2.24, 2.45) is 0 Å². The minimum atomic E-state index is 0. The predicted octanol–water partition coefficient (Wildman–Crippen LogP) is 1.36. The summed E-state index contributed by atoms with van der Waals surface area (Å²) in [6, 6.07) is 8.62. The lowest BCUT2D eigenvalue weighted by atomic mass is 10.1. The molecule has 26 heavy (non-hydrogen) atoms. The molecule has 3 rings (SSSR count). The number of hydrogen-bond acceptors (Lipinski definition) is 5. The molecule has 1 aromatic rings. The molecule has 2 N–H and O–H groups in total. The van der Waals surface area contributed by atoms with E-state index in [4.69, 9.17) is 9.47 Å². The molecule has 1 amide bonds. The van der Waals surface area contributed by atoms with Crippen molar-refractivity contribution in [1.82, 2.24) is 15.5 Å². The number of carbonyl (C=O) groups excluding carboxylic acids is 1. The van der Waals surface area contributed by atoms with Crippen molar-refractivity contribution in [2.75, 3.05) is 46.1 Å². The molecule has 6 nitrogen and oxygen atoms in total. The molecular weight excluding hydrogens is 377 g/mol. The third kappa shape index (κ3) is 7.78. The fraction of sp³-hybridized carbons (Fsp3) is 0.611. The number of benzene rings is 1. The van der Waals surface area contributed by atoms with Gasteiger partial charge in [0.1, 0.15) is 0 Å². The van der Waals surface area contributed by atoms with Crippen LogP contribution >= 0.6 is 24.8 Å². The SMILES string of the molecule is Cl.Cl.O=C(CC1COCCN1)NCc1ccc(CN2CCOCC2)cc1. The Bertz CT molecular complexity index is 519. The van der Waals surface area contributed by atoms with Crippen molar-refractivity contribution in [3.8, 4) is 0 Å². The molecule has 1 aromatic carbocycles. The van der Waals surface area contributed by atoms with E-state index in [-0.39, 0.29) is 36.8 Å². The zero-order valence-corrected chi connectivity index (χ0v) is 16.6. The summed E-state index contributed by atoms with van der Waals surface area (Å²) in [4.78, 5) is 14.4. The Morgan fingerprint density at radius 1 is 1.08 bits per heavy atom. The molecule has 2 heterocycles. The van der Waals surface area contributed by atoms with Crippen LogP contribution in [0.4, 0.5) is 0 Å². The van der Waals surface area contributed by atoms with E-state index in [0.717, 1.165) is 51.6 Å². The van der Waals surface area contributed by atoms with Gasteiger partial charge in [-0.25, -0.2) is 0 Å². The van der Waals surface area contributed by atoms with Gasteiger partial charge in [0.05, 0.1) is 26.4 Å². The van der Waals surface area contributed by atoms with Crippen molar-refractivity contribution in [2.45, 2.75) is 25.6 Å². The third-order valence-corrected chi connectivity index (χ3v) is 4.45. The van der Waals surface area contributed by atoms with E-state index in [1.807, 2.05) is 0 Å². The first-order chi connectivity index (χ1) is 11.8. The van der Waals surface area contributed by atoms with Crippen molar-refractivity contribution in [1.29, 1.82) is 0 Å². The molecule has 0 bridgehead atoms. The summed E-state index contributed by atoms with van der Waals surface area (Å²) in [6.07, 6.45) is 0.467. The van der Waals surface area contributed by atoms with Crippen LogP contribution in [0.15, 0.2) is 24.3 Å². The monoisotopic (exact) mass is 405 g/mol. The lowest BCUT2D eigenvalue weighted by Gasteiger charge is -2.26. The second kappa shape index (κ2) is 12.5. The first-order valence-corrected chi connectivity index (χ1v) is 8.75. The number of hydrogen-bond donors (Lipinski definition) is 2. The molecule has 0 saturated carbocycles. The number of ether oxygens (including phenoxy) is 2. The molecule has 2 aliphatic rings. The summed E-state index contributed by atoms with van der Waals surface area (Å²) >= 11 is 0. The van der Waals surface area contributed by atoms with Gasteiger partial charge in [-0.15, -0.1) is 24.8 Å². The van der Waals surface area contributed by atoms with Gasteiger partial charge in [-0.05, 0) is 11.1 Å². The van der Waals surface area contributed by atoms with Gasteiger partial charge in [0, 0.05) is 45.2 Å². The number of halogens is 2. The topological polar surface area (TPSA) is 62.8 Å². The average molecular weight is 406 g/mol. The first kappa shape index (κ1) is 23.1. The Labute approximate surface area is 167 Å². The van der Waals surface area contributed by atoms with Gasteiger partial charge >= 0.3 is 0 Å². The number of nitrogens with zero attached hydrogens (tertiary/aromatic N) is 1. The lowest BCUT2D eigenvalue weighted by Crippen LogP contribution is -2.44. The van der Waals surface area contributed by atoms with Gasteiger partial charge in [0.2, 0.25) is 5.91 Å². The Hall–Kier alpha value is -0.890. The standard InChI is InChI=1S/C18H27N3O3.2ClH/c22-18(11-17-14-24-8-5-19-17)20-12-15-1-3-16(4-2-15)13-21-6-9-23-10-7-21;;/h1-4,17,19H,5-14H2,(H,20,22);2*1H. The molecule has 2 fully saturated rings. The maximum absolute atomic E-state index is 12.0. The summed E-state index contributed by atoms with van der Waals surface area (Å²) in [5.74, 6) is 0.0652. The normalized spacial score (nSPS) is 20.5. The van der Waals surface area contributed by atoms with E-state index >= 15 is 0 Å². The van der Waals surface area contributed by atoms with Crippen LogP contribution in [-0.4, -0.2) is 62.9 Å². The molecule has 2 saturated heterocycles. The molecule has 0 aromatic heterocycles. The van der Waals surface area contributed by atoms with Crippen molar-refractivity contribution >= 4 is 30.7 Å². The summed E-state index contributed by atoms with van der Waals surface area (Å²) < 4.78 is 10.7. The van der Waals surface area contributed by atoms with Crippen LogP contribution < -0.4 is 10.6 Å². The van der Waals surface area contributed by atoms with Gasteiger partial charge < -0.3 is 20.1 Å². The molecule has 1 unspecified atom stereocenters. The van der Waals surface area contributed by atoms with Gasteiger partial charge in [-0.3, -0.25) is 9.69 Å². The van der Waals surface area contributed by atoms with Crippen LogP contribution in [-0.2, 0) is 27.4 Å².